The van der Waals surface area contributed by atoms with Gasteiger partial charge in [-0.2, -0.15) is 13.2 Å². The fourth-order valence-corrected chi connectivity index (χ4v) is 2.52. The summed E-state index contributed by atoms with van der Waals surface area (Å²) in [6, 6.07) is 7.28. The van der Waals surface area contributed by atoms with Crippen molar-refractivity contribution in [3.05, 3.63) is 35.4 Å². The number of hydrogen-bond donors (Lipinski definition) is 2. The molecule has 0 spiro atoms. The number of alkyl halides is 3. The first-order chi connectivity index (χ1) is 12.9. The first-order valence-electron chi connectivity index (χ1n) is 9.27. The van der Waals surface area contributed by atoms with E-state index in [2.05, 4.69) is 39.1 Å². The molecule has 0 bridgehead atoms. The lowest BCUT2D eigenvalue weighted by Gasteiger charge is -2.20. The summed E-state index contributed by atoms with van der Waals surface area (Å²) < 4.78 is 40.9. The van der Waals surface area contributed by atoms with E-state index >= 15 is 0 Å². The number of nitrogens with one attached hydrogen (secondary N) is 2. The first-order valence-corrected chi connectivity index (χ1v) is 9.27. The van der Waals surface area contributed by atoms with E-state index < -0.39 is 12.8 Å². The second-order valence-electron chi connectivity index (χ2n) is 6.21. The Labute approximate surface area is 160 Å². The Kier molecular flexibility index (Phi) is 10.8. The Bertz CT molecular complexity index is 547. The normalized spacial score (nSPS) is 12.5. The van der Waals surface area contributed by atoms with Crippen LogP contribution in [0.15, 0.2) is 29.3 Å². The Hall–Kier alpha value is -1.80. The third kappa shape index (κ3) is 10.8. The highest BCUT2D eigenvalue weighted by Gasteiger charge is 2.27. The van der Waals surface area contributed by atoms with E-state index in [1.54, 1.807) is 19.2 Å². The fraction of sp³-hybridized carbons (Fsp3) is 0.632. The molecule has 0 aliphatic carbocycles. The van der Waals surface area contributed by atoms with E-state index in [1.807, 2.05) is 12.1 Å². The zero-order valence-corrected chi connectivity index (χ0v) is 16.4. The van der Waals surface area contributed by atoms with Crippen molar-refractivity contribution >= 4 is 5.96 Å². The third-order valence-corrected chi connectivity index (χ3v) is 3.95. The van der Waals surface area contributed by atoms with E-state index in [-0.39, 0.29) is 6.61 Å². The van der Waals surface area contributed by atoms with Crippen LogP contribution in [0.5, 0.6) is 0 Å². The predicted molar refractivity (Wildman–Crippen MR) is 103 cm³/mol. The molecule has 1 aromatic carbocycles. The number of ether oxygens (including phenoxy) is 1. The van der Waals surface area contributed by atoms with Crippen LogP contribution in [0.2, 0.25) is 0 Å². The number of guanidine groups is 1. The predicted octanol–water partition coefficient (Wildman–Crippen LogP) is 3.16. The van der Waals surface area contributed by atoms with Gasteiger partial charge in [0.05, 0.1) is 6.61 Å². The Morgan fingerprint density at radius 1 is 1.07 bits per heavy atom. The number of likely N-dealkylation sites (N-methyl/N-ethyl adjacent to an activating group) is 1. The molecule has 0 aliphatic rings. The average Bonchev–Trinajstić information content (AvgIpc) is 2.63. The van der Waals surface area contributed by atoms with Gasteiger partial charge in [0.15, 0.2) is 5.96 Å². The SMILES string of the molecule is CCCN(CC)CCNC(=NC)NCc1ccc(COCC(F)(F)F)cc1. The van der Waals surface area contributed by atoms with Crippen molar-refractivity contribution in [2.75, 3.05) is 39.8 Å². The van der Waals surface area contributed by atoms with Crippen molar-refractivity contribution in [2.24, 2.45) is 4.99 Å². The summed E-state index contributed by atoms with van der Waals surface area (Å²) in [4.78, 5) is 6.58. The minimum absolute atomic E-state index is 0.0534. The summed E-state index contributed by atoms with van der Waals surface area (Å²) in [5, 5.41) is 6.52. The molecular weight excluding hydrogens is 357 g/mol. The topological polar surface area (TPSA) is 48.9 Å². The number of aliphatic imine (C=N–C) groups is 1. The molecule has 0 aromatic heterocycles. The number of rotatable bonds is 11. The molecule has 2 N–H and O–H groups in total. The number of halogens is 3. The van der Waals surface area contributed by atoms with Crippen molar-refractivity contribution < 1.29 is 17.9 Å². The van der Waals surface area contributed by atoms with Crippen LogP contribution in [0.1, 0.15) is 31.4 Å². The van der Waals surface area contributed by atoms with Crippen molar-refractivity contribution in [1.29, 1.82) is 0 Å². The lowest BCUT2D eigenvalue weighted by atomic mass is 10.1. The maximum Gasteiger partial charge on any atom is 0.411 e. The molecule has 0 saturated carbocycles. The molecule has 0 fully saturated rings. The second kappa shape index (κ2) is 12.6. The Morgan fingerprint density at radius 3 is 2.30 bits per heavy atom. The van der Waals surface area contributed by atoms with Crippen LogP contribution in [-0.4, -0.2) is 56.9 Å². The van der Waals surface area contributed by atoms with Crippen LogP contribution in [0.3, 0.4) is 0 Å². The lowest BCUT2D eigenvalue weighted by Crippen LogP contribution is -2.41. The van der Waals surface area contributed by atoms with Crippen molar-refractivity contribution in [3.8, 4) is 0 Å². The summed E-state index contributed by atoms with van der Waals surface area (Å²) in [7, 11) is 1.72. The minimum Gasteiger partial charge on any atom is -0.367 e. The smallest absolute Gasteiger partial charge is 0.367 e. The quantitative estimate of drug-likeness (QED) is 0.452. The van der Waals surface area contributed by atoms with E-state index in [9.17, 15) is 13.2 Å². The molecule has 27 heavy (non-hydrogen) atoms. The molecule has 1 rings (SSSR count). The van der Waals surface area contributed by atoms with Gasteiger partial charge in [0.25, 0.3) is 0 Å². The van der Waals surface area contributed by atoms with Crippen LogP contribution in [0, 0.1) is 0 Å². The van der Waals surface area contributed by atoms with Gasteiger partial charge in [0, 0.05) is 26.7 Å². The maximum absolute atomic E-state index is 12.1. The summed E-state index contributed by atoms with van der Waals surface area (Å²) in [6.45, 7) is 7.50. The molecule has 5 nitrogen and oxygen atoms in total. The molecule has 154 valence electrons. The molecule has 1 aromatic rings. The summed E-state index contributed by atoms with van der Waals surface area (Å²) >= 11 is 0. The molecule has 8 heteroatoms. The highest BCUT2D eigenvalue weighted by atomic mass is 19.4. The highest BCUT2D eigenvalue weighted by Crippen LogP contribution is 2.15. The largest absolute Gasteiger partial charge is 0.411 e. The molecule has 0 heterocycles. The molecule has 0 amide bonds. The van der Waals surface area contributed by atoms with Crippen LogP contribution in [-0.2, 0) is 17.9 Å². The molecular formula is C19H31F3N4O. The molecule has 0 unspecified atom stereocenters. The van der Waals surface area contributed by atoms with Gasteiger partial charge in [-0.15, -0.1) is 0 Å². The highest BCUT2D eigenvalue weighted by molar-refractivity contribution is 5.79. The van der Waals surface area contributed by atoms with E-state index in [0.29, 0.717) is 12.1 Å². The first kappa shape index (κ1) is 23.2. The monoisotopic (exact) mass is 388 g/mol. The van der Waals surface area contributed by atoms with Gasteiger partial charge in [-0.05, 0) is 30.6 Å². The number of hydrogen-bond acceptors (Lipinski definition) is 3. The minimum atomic E-state index is -4.29. The molecule has 0 atom stereocenters. The van der Waals surface area contributed by atoms with E-state index in [1.165, 1.54) is 0 Å². The molecule has 0 radical (unpaired) electrons. The average molecular weight is 388 g/mol. The molecule has 0 saturated heterocycles. The van der Waals surface area contributed by atoms with Crippen LogP contribution in [0.4, 0.5) is 13.2 Å². The Balaban J connectivity index is 2.34. The maximum atomic E-state index is 12.1. The van der Waals surface area contributed by atoms with Crippen molar-refractivity contribution in [2.45, 2.75) is 39.6 Å². The van der Waals surface area contributed by atoms with Crippen molar-refractivity contribution in [3.63, 3.8) is 0 Å². The third-order valence-electron chi connectivity index (χ3n) is 3.95. The van der Waals surface area contributed by atoms with Gasteiger partial charge >= 0.3 is 6.18 Å². The van der Waals surface area contributed by atoms with Gasteiger partial charge in [-0.3, -0.25) is 4.99 Å². The van der Waals surface area contributed by atoms with Crippen LogP contribution < -0.4 is 10.6 Å². The lowest BCUT2D eigenvalue weighted by molar-refractivity contribution is -0.176. The molecule has 0 aliphatic heterocycles. The van der Waals surface area contributed by atoms with Gasteiger partial charge in [-0.1, -0.05) is 38.1 Å². The van der Waals surface area contributed by atoms with E-state index in [4.69, 9.17) is 0 Å². The van der Waals surface area contributed by atoms with Gasteiger partial charge in [-0.25, -0.2) is 0 Å². The standard InChI is InChI=1S/C19H31F3N4O/c1-4-11-26(5-2)12-10-24-18(23-3)25-13-16-6-8-17(9-7-16)14-27-15-19(20,21)22/h6-9H,4-5,10-15H2,1-3H3,(H2,23,24,25). The van der Waals surface area contributed by atoms with Gasteiger partial charge in [0.1, 0.15) is 6.61 Å². The zero-order valence-electron chi connectivity index (χ0n) is 16.4. The Morgan fingerprint density at radius 2 is 1.74 bits per heavy atom. The van der Waals surface area contributed by atoms with Crippen LogP contribution in [0.25, 0.3) is 0 Å². The van der Waals surface area contributed by atoms with Gasteiger partial charge in [0.2, 0.25) is 0 Å². The zero-order chi connectivity index (χ0) is 20.1. The van der Waals surface area contributed by atoms with Gasteiger partial charge < -0.3 is 20.3 Å². The number of benzene rings is 1. The second-order valence-corrected chi connectivity index (χ2v) is 6.21. The van der Waals surface area contributed by atoms with E-state index in [0.717, 1.165) is 44.1 Å². The summed E-state index contributed by atoms with van der Waals surface area (Å²) in [5.74, 6) is 0.722. The summed E-state index contributed by atoms with van der Waals surface area (Å²) in [6.07, 6.45) is -3.16. The van der Waals surface area contributed by atoms with Crippen LogP contribution >= 0.6 is 0 Å². The van der Waals surface area contributed by atoms with Crippen molar-refractivity contribution in [1.82, 2.24) is 15.5 Å². The number of nitrogens with zero attached hydrogens (tertiary/aromatic N) is 2. The summed E-state index contributed by atoms with van der Waals surface area (Å²) in [5.41, 5.74) is 1.72. The fourth-order valence-electron chi connectivity index (χ4n) is 2.52.